The largest absolute Gasteiger partial charge is 0.338 e. The molecule has 1 amide bonds. The van der Waals surface area contributed by atoms with Crippen molar-refractivity contribution in [3.8, 4) is 0 Å². The van der Waals surface area contributed by atoms with Crippen LogP contribution in [-0.4, -0.2) is 34.7 Å². The van der Waals surface area contributed by atoms with Crippen LogP contribution in [0.1, 0.15) is 22.8 Å². The molecule has 19 heavy (non-hydrogen) atoms. The third-order valence-corrected chi connectivity index (χ3v) is 3.80. The van der Waals surface area contributed by atoms with Crippen molar-refractivity contribution < 1.29 is 9.72 Å². The fourth-order valence-electron chi connectivity index (χ4n) is 2.22. The molecule has 1 aromatic carbocycles. The lowest BCUT2D eigenvalue weighted by atomic mass is 9.97. The first-order valence-corrected chi connectivity index (χ1v) is 6.69. The average Bonchev–Trinajstić information content (AvgIpc) is 2.41. The van der Waals surface area contributed by atoms with Gasteiger partial charge in [0.1, 0.15) is 0 Å². The summed E-state index contributed by atoms with van der Waals surface area (Å²) in [7, 11) is 0. The van der Waals surface area contributed by atoms with Crippen LogP contribution in [0.2, 0.25) is 0 Å². The molecule has 0 radical (unpaired) electrons. The summed E-state index contributed by atoms with van der Waals surface area (Å²) in [4.78, 5) is 24.3. The van der Waals surface area contributed by atoms with Gasteiger partial charge in [-0.15, -0.1) is 11.6 Å². The molecule has 6 heteroatoms. The number of halogens is 1. The van der Waals surface area contributed by atoms with E-state index in [2.05, 4.69) is 0 Å². The van der Waals surface area contributed by atoms with Gasteiger partial charge < -0.3 is 4.90 Å². The number of amides is 1. The minimum Gasteiger partial charge on any atom is -0.338 e. The molecule has 1 atom stereocenters. The molecule has 5 nitrogen and oxygen atoms in total. The highest BCUT2D eigenvalue weighted by molar-refractivity contribution is 6.18. The van der Waals surface area contributed by atoms with Gasteiger partial charge in [-0.25, -0.2) is 0 Å². The molecular formula is C13H15ClN2O3. The molecule has 0 spiro atoms. The number of carbonyl (C=O) groups excluding carboxylic acids is 1. The topological polar surface area (TPSA) is 63.4 Å². The van der Waals surface area contributed by atoms with E-state index in [1.165, 1.54) is 12.1 Å². The van der Waals surface area contributed by atoms with E-state index < -0.39 is 4.92 Å². The van der Waals surface area contributed by atoms with Crippen LogP contribution in [0.15, 0.2) is 18.2 Å². The minimum absolute atomic E-state index is 0.0423. The highest BCUT2D eigenvalue weighted by Gasteiger charge is 2.26. The van der Waals surface area contributed by atoms with E-state index in [9.17, 15) is 14.9 Å². The molecule has 2 rings (SSSR count). The van der Waals surface area contributed by atoms with Crippen molar-refractivity contribution in [2.24, 2.45) is 5.92 Å². The van der Waals surface area contributed by atoms with Gasteiger partial charge in [0.2, 0.25) is 0 Å². The first-order chi connectivity index (χ1) is 9.02. The van der Waals surface area contributed by atoms with Crippen molar-refractivity contribution in [2.45, 2.75) is 13.3 Å². The van der Waals surface area contributed by atoms with Gasteiger partial charge in [-0.2, -0.15) is 0 Å². The molecule has 0 saturated heterocycles. The SMILES string of the molecule is CC(CCl)CN1CCc2ccc([N+](=O)[O-])cc2C1=O. The maximum atomic E-state index is 12.3. The molecule has 0 bridgehead atoms. The van der Waals surface area contributed by atoms with Crippen LogP contribution >= 0.6 is 11.6 Å². The Morgan fingerprint density at radius 1 is 1.53 bits per heavy atom. The summed E-state index contributed by atoms with van der Waals surface area (Å²) >= 11 is 5.76. The summed E-state index contributed by atoms with van der Waals surface area (Å²) in [6.45, 7) is 3.21. The second-order valence-corrected chi connectivity index (χ2v) is 5.17. The number of fused-ring (bicyclic) bond motifs is 1. The molecule has 0 saturated carbocycles. The molecule has 0 fully saturated rings. The van der Waals surface area contributed by atoms with Crippen molar-refractivity contribution in [2.75, 3.05) is 19.0 Å². The van der Waals surface area contributed by atoms with Gasteiger partial charge in [-0.05, 0) is 17.9 Å². The predicted octanol–water partition coefficient (Wildman–Crippen LogP) is 2.47. The highest BCUT2D eigenvalue weighted by Crippen LogP contribution is 2.24. The Hall–Kier alpha value is -1.62. The van der Waals surface area contributed by atoms with Gasteiger partial charge in [-0.3, -0.25) is 14.9 Å². The van der Waals surface area contributed by atoms with E-state index in [4.69, 9.17) is 11.6 Å². The summed E-state index contributed by atoms with van der Waals surface area (Å²) in [5, 5.41) is 10.8. The van der Waals surface area contributed by atoms with E-state index >= 15 is 0 Å². The third-order valence-electron chi connectivity index (χ3n) is 3.27. The lowest BCUT2D eigenvalue weighted by Crippen LogP contribution is -2.40. The first kappa shape index (κ1) is 13.8. The zero-order valence-corrected chi connectivity index (χ0v) is 11.4. The van der Waals surface area contributed by atoms with Crippen molar-refractivity contribution in [1.29, 1.82) is 0 Å². The minimum atomic E-state index is -0.478. The fourth-order valence-corrected chi connectivity index (χ4v) is 2.32. The van der Waals surface area contributed by atoms with Gasteiger partial charge in [0.05, 0.1) is 4.92 Å². The quantitative estimate of drug-likeness (QED) is 0.484. The molecule has 1 heterocycles. The second-order valence-electron chi connectivity index (χ2n) is 4.86. The molecule has 0 aromatic heterocycles. The maximum absolute atomic E-state index is 12.3. The summed E-state index contributed by atoms with van der Waals surface area (Å²) in [6.07, 6.45) is 0.730. The highest BCUT2D eigenvalue weighted by atomic mass is 35.5. The van der Waals surface area contributed by atoms with Crippen LogP contribution in [-0.2, 0) is 6.42 Å². The van der Waals surface area contributed by atoms with E-state index in [-0.39, 0.29) is 17.5 Å². The normalized spacial score (nSPS) is 16.1. The molecule has 1 unspecified atom stereocenters. The molecule has 1 aromatic rings. The van der Waals surface area contributed by atoms with Crippen LogP contribution in [0.3, 0.4) is 0 Å². The van der Waals surface area contributed by atoms with Gasteiger partial charge >= 0.3 is 0 Å². The number of carbonyl (C=O) groups is 1. The molecule has 0 N–H and O–H groups in total. The standard InChI is InChI=1S/C13H15ClN2O3/c1-9(7-14)8-15-5-4-10-2-3-11(16(18)19)6-12(10)13(15)17/h2-3,6,9H,4-5,7-8H2,1H3. The average molecular weight is 283 g/mol. The summed E-state index contributed by atoms with van der Waals surface area (Å²) in [5.74, 6) is 0.568. The Balaban J connectivity index is 2.26. The number of rotatable bonds is 4. The number of alkyl halides is 1. The summed E-state index contributed by atoms with van der Waals surface area (Å²) in [6, 6.07) is 4.49. The number of non-ortho nitro benzene ring substituents is 1. The number of hydrogen-bond acceptors (Lipinski definition) is 3. The number of benzene rings is 1. The van der Waals surface area contributed by atoms with Gasteiger partial charge in [0, 0.05) is 36.7 Å². The monoisotopic (exact) mass is 282 g/mol. The zero-order chi connectivity index (χ0) is 14.0. The second kappa shape index (κ2) is 5.57. The number of nitro groups is 1. The molecular weight excluding hydrogens is 268 g/mol. The Morgan fingerprint density at radius 2 is 2.26 bits per heavy atom. The van der Waals surface area contributed by atoms with Crippen LogP contribution in [0.5, 0.6) is 0 Å². The lowest BCUT2D eigenvalue weighted by molar-refractivity contribution is -0.384. The van der Waals surface area contributed by atoms with Crippen LogP contribution in [0, 0.1) is 16.0 Å². The van der Waals surface area contributed by atoms with E-state index in [0.29, 0.717) is 24.5 Å². The smallest absolute Gasteiger partial charge is 0.270 e. The number of nitrogens with zero attached hydrogens (tertiary/aromatic N) is 2. The number of hydrogen-bond donors (Lipinski definition) is 0. The lowest BCUT2D eigenvalue weighted by Gasteiger charge is -2.30. The first-order valence-electron chi connectivity index (χ1n) is 6.15. The fraction of sp³-hybridized carbons (Fsp3) is 0.462. The van der Waals surface area contributed by atoms with E-state index in [1.54, 1.807) is 11.0 Å². The van der Waals surface area contributed by atoms with Gasteiger partial charge in [0.25, 0.3) is 11.6 Å². The zero-order valence-electron chi connectivity index (χ0n) is 10.6. The summed E-state index contributed by atoms with van der Waals surface area (Å²) < 4.78 is 0. The van der Waals surface area contributed by atoms with Gasteiger partial charge in [-0.1, -0.05) is 13.0 Å². The van der Waals surface area contributed by atoms with E-state index in [0.717, 1.165) is 12.0 Å². The van der Waals surface area contributed by atoms with Crippen LogP contribution < -0.4 is 0 Å². The predicted molar refractivity (Wildman–Crippen MR) is 72.6 cm³/mol. The third kappa shape index (κ3) is 2.87. The molecule has 102 valence electrons. The summed E-state index contributed by atoms with van der Waals surface area (Å²) in [5.41, 5.74) is 1.28. The van der Waals surface area contributed by atoms with E-state index in [1.807, 2.05) is 6.92 Å². The Labute approximate surface area is 116 Å². The maximum Gasteiger partial charge on any atom is 0.270 e. The van der Waals surface area contributed by atoms with Crippen molar-refractivity contribution in [3.63, 3.8) is 0 Å². The number of nitro benzene ring substituents is 1. The van der Waals surface area contributed by atoms with Gasteiger partial charge in [0.15, 0.2) is 0 Å². The van der Waals surface area contributed by atoms with Crippen molar-refractivity contribution in [1.82, 2.24) is 4.90 Å². The van der Waals surface area contributed by atoms with Crippen LogP contribution in [0.4, 0.5) is 5.69 Å². The molecule has 0 aliphatic carbocycles. The van der Waals surface area contributed by atoms with Crippen molar-refractivity contribution in [3.05, 3.63) is 39.4 Å². The Morgan fingerprint density at radius 3 is 2.89 bits per heavy atom. The Kier molecular flexibility index (Phi) is 4.04. The van der Waals surface area contributed by atoms with Crippen molar-refractivity contribution >= 4 is 23.2 Å². The molecule has 1 aliphatic heterocycles. The molecule has 1 aliphatic rings. The Bertz CT molecular complexity index is 519. The van der Waals surface area contributed by atoms with Crippen LogP contribution in [0.25, 0.3) is 0 Å².